The maximum absolute atomic E-state index is 13.8. The van der Waals surface area contributed by atoms with Gasteiger partial charge in [0, 0.05) is 11.6 Å². The van der Waals surface area contributed by atoms with Crippen LogP contribution in [0.25, 0.3) is 0 Å². The van der Waals surface area contributed by atoms with Crippen LogP contribution in [0.5, 0.6) is 23.0 Å². The van der Waals surface area contributed by atoms with Gasteiger partial charge in [0.1, 0.15) is 58.6 Å². The highest BCUT2D eigenvalue weighted by Crippen LogP contribution is 2.49. The Balaban J connectivity index is 1.57. The van der Waals surface area contributed by atoms with E-state index in [1.54, 1.807) is 0 Å². The van der Waals surface area contributed by atoms with Crippen LogP contribution in [-0.4, -0.2) is 85.4 Å². The number of benzene rings is 2. The first-order valence-corrected chi connectivity index (χ1v) is 12.0. The minimum Gasteiger partial charge on any atom is -0.508 e. The summed E-state index contributed by atoms with van der Waals surface area (Å²) in [6.45, 7) is 3.16. The van der Waals surface area contributed by atoms with Gasteiger partial charge in [-0.1, -0.05) is 12.1 Å². The fourth-order valence-corrected chi connectivity index (χ4v) is 4.97. The lowest BCUT2D eigenvalue weighted by molar-refractivity contribution is -0.311. The lowest BCUT2D eigenvalue weighted by Gasteiger charge is -2.43. The standard InChI is InChI=1S/C26H30O11/c1-26(2)8-7-13-15(37-26)9-14(29)17-19(31)24(22(35-23(13)17)11-3-5-12(28)6-4-11)36-25-21(33)20(32)18(30)16(10-27)34-25/h3-6,9,16,18,20-22,24-25,27-30,32-33H,7-8,10H2,1-2H3/t16-,18-,20+,21-,22-,24+,25+/m1/s1. The largest absolute Gasteiger partial charge is 0.508 e. The highest BCUT2D eigenvalue weighted by atomic mass is 16.7. The molecule has 37 heavy (non-hydrogen) atoms. The number of carbonyl (C=O) groups is 1. The van der Waals surface area contributed by atoms with Gasteiger partial charge < -0.3 is 49.6 Å². The van der Waals surface area contributed by atoms with Gasteiger partial charge in [-0.25, -0.2) is 0 Å². The number of rotatable bonds is 4. The van der Waals surface area contributed by atoms with Crippen molar-refractivity contribution in [3.8, 4) is 23.0 Å². The molecule has 0 bridgehead atoms. The Labute approximate surface area is 212 Å². The molecule has 0 amide bonds. The molecule has 0 radical (unpaired) electrons. The Hall–Kier alpha value is -2.93. The zero-order valence-electron chi connectivity index (χ0n) is 20.3. The summed E-state index contributed by atoms with van der Waals surface area (Å²) in [5.41, 5.74) is 0.472. The zero-order chi connectivity index (χ0) is 26.6. The number of aromatic hydroxyl groups is 2. The molecule has 0 saturated carbocycles. The number of phenolic OH excluding ortho intramolecular Hbond substituents is 2. The van der Waals surface area contributed by atoms with Gasteiger partial charge >= 0.3 is 0 Å². The summed E-state index contributed by atoms with van der Waals surface area (Å²) in [6.07, 6.45) is -9.33. The van der Waals surface area contributed by atoms with Crippen LogP contribution in [-0.2, 0) is 15.9 Å². The van der Waals surface area contributed by atoms with Crippen LogP contribution in [0.4, 0.5) is 0 Å². The number of aliphatic hydroxyl groups excluding tert-OH is 4. The van der Waals surface area contributed by atoms with Crippen molar-refractivity contribution in [2.75, 3.05) is 6.61 Å². The quantitative estimate of drug-likeness (QED) is 0.336. The van der Waals surface area contributed by atoms with E-state index in [2.05, 4.69) is 0 Å². The van der Waals surface area contributed by atoms with Gasteiger partial charge in [0.25, 0.3) is 0 Å². The van der Waals surface area contributed by atoms with Gasteiger partial charge in [0.2, 0.25) is 5.78 Å². The SMILES string of the molecule is CC1(C)CCc2c(cc(O)c3c2O[C@H](c2ccc(O)cc2)[C@@H](O[C@@H]2O[C@H](CO)[C@@H](O)[C@H](O)[C@H]2O)C3=O)O1. The fourth-order valence-electron chi connectivity index (χ4n) is 4.97. The second-order valence-corrected chi connectivity index (χ2v) is 10.2. The first-order valence-electron chi connectivity index (χ1n) is 12.0. The Morgan fingerprint density at radius 2 is 1.76 bits per heavy atom. The van der Waals surface area contributed by atoms with Crippen molar-refractivity contribution < 1.29 is 54.4 Å². The van der Waals surface area contributed by atoms with Gasteiger partial charge in [0.05, 0.1) is 6.61 Å². The Morgan fingerprint density at radius 3 is 2.43 bits per heavy atom. The van der Waals surface area contributed by atoms with Crippen molar-refractivity contribution in [3.05, 3.63) is 47.0 Å². The summed E-state index contributed by atoms with van der Waals surface area (Å²) < 4.78 is 23.6. The summed E-state index contributed by atoms with van der Waals surface area (Å²) in [4.78, 5) is 13.8. The molecule has 3 aliphatic heterocycles. The van der Waals surface area contributed by atoms with Gasteiger partial charge in [-0.2, -0.15) is 0 Å². The van der Waals surface area contributed by atoms with E-state index in [0.717, 1.165) is 0 Å². The molecule has 11 nitrogen and oxygen atoms in total. The molecule has 0 aromatic heterocycles. The number of fused-ring (bicyclic) bond motifs is 3. The molecule has 1 fully saturated rings. The molecule has 0 aliphatic carbocycles. The molecule has 2 aromatic carbocycles. The predicted molar refractivity (Wildman–Crippen MR) is 126 cm³/mol. The number of ketones is 1. The van der Waals surface area contributed by atoms with Crippen LogP contribution in [0, 0.1) is 0 Å². The number of carbonyl (C=O) groups excluding carboxylic acids is 1. The van der Waals surface area contributed by atoms with Crippen molar-refractivity contribution >= 4 is 5.78 Å². The number of Topliss-reactive ketones (excluding diaryl/α,β-unsaturated/α-hetero) is 1. The van der Waals surface area contributed by atoms with E-state index in [-0.39, 0.29) is 22.8 Å². The van der Waals surface area contributed by atoms with E-state index >= 15 is 0 Å². The van der Waals surface area contributed by atoms with E-state index in [9.17, 15) is 35.4 Å². The molecule has 5 rings (SSSR count). The van der Waals surface area contributed by atoms with E-state index in [0.29, 0.717) is 29.7 Å². The maximum Gasteiger partial charge on any atom is 0.203 e. The average molecular weight is 519 g/mol. The van der Waals surface area contributed by atoms with E-state index in [1.807, 2.05) is 13.8 Å². The third-order valence-electron chi connectivity index (χ3n) is 7.06. The topological polar surface area (TPSA) is 175 Å². The van der Waals surface area contributed by atoms with Crippen molar-refractivity contribution in [1.29, 1.82) is 0 Å². The zero-order valence-corrected chi connectivity index (χ0v) is 20.3. The first-order chi connectivity index (χ1) is 17.5. The van der Waals surface area contributed by atoms with Crippen LogP contribution in [0.15, 0.2) is 30.3 Å². The van der Waals surface area contributed by atoms with Crippen LogP contribution in [0.2, 0.25) is 0 Å². The Bertz CT molecular complexity index is 1180. The van der Waals surface area contributed by atoms with Gasteiger partial charge in [-0.3, -0.25) is 4.79 Å². The summed E-state index contributed by atoms with van der Waals surface area (Å²) in [5, 5.41) is 60.9. The Kier molecular flexibility index (Phi) is 6.55. The Morgan fingerprint density at radius 1 is 1.05 bits per heavy atom. The molecule has 1 saturated heterocycles. The third-order valence-corrected chi connectivity index (χ3v) is 7.06. The maximum atomic E-state index is 13.8. The van der Waals surface area contributed by atoms with Gasteiger partial charge in [-0.15, -0.1) is 0 Å². The third kappa shape index (κ3) is 4.52. The van der Waals surface area contributed by atoms with Crippen LogP contribution >= 0.6 is 0 Å². The molecule has 2 aromatic rings. The number of phenols is 2. The average Bonchev–Trinajstić information content (AvgIpc) is 2.85. The molecule has 3 heterocycles. The van der Waals surface area contributed by atoms with Crippen molar-refractivity contribution in [2.24, 2.45) is 0 Å². The molecule has 11 heteroatoms. The van der Waals surface area contributed by atoms with Crippen LogP contribution < -0.4 is 9.47 Å². The van der Waals surface area contributed by atoms with Crippen LogP contribution in [0.1, 0.15) is 47.9 Å². The predicted octanol–water partition coefficient (Wildman–Crippen LogP) is 0.703. The minimum atomic E-state index is -1.75. The molecular weight excluding hydrogens is 488 g/mol. The van der Waals surface area contributed by atoms with Crippen molar-refractivity contribution in [1.82, 2.24) is 0 Å². The molecule has 3 aliphatic rings. The second kappa shape index (κ2) is 9.43. The van der Waals surface area contributed by atoms with Crippen molar-refractivity contribution in [3.63, 3.8) is 0 Å². The summed E-state index contributed by atoms with van der Waals surface area (Å²) in [7, 11) is 0. The highest BCUT2D eigenvalue weighted by molar-refractivity contribution is 6.06. The van der Waals surface area contributed by atoms with E-state index < -0.39 is 60.9 Å². The van der Waals surface area contributed by atoms with E-state index in [1.165, 1.54) is 30.3 Å². The fraction of sp³-hybridized carbons (Fsp3) is 0.500. The van der Waals surface area contributed by atoms with Gasteiger partial charge in [0.15, 0.2) is 18.5 Å². The minimum absolute atomic E-state index is 0.0108. The summed E-state index contributed by atoms with van der Waals surface area (Å²) in [6, 6.07) is 7.26. The smallest absolute Gasteiger partial charge is 0.203 e. The molecule has 0 unspecified atom stereocenters. The number of aliphatic hydroxyl groups is 4. The number of ether oxygens (including phenoxy) is 4. The van der Waals surface area contributed by atoms with Gasteiger partial charge in [-0.05, 0) is 44.4 Å². The number of hydrogen-bond donors (Lipinski definition) is 6. The first kappa shape index (κ1) is 25.7. The monoisotopic (exact) mass is 518 g/mol. The highest BCUT2D eigenvalue weighted by Gasteiger charge is 2.50. The molecule has 7 atom stereocenters. The molecule has 200 valence electrons. The van der Waals surface area contributed by atoms with Crippen LogP contribution in [0.3, 0.4) is 0 Å². The molecular formula is C26H30O11. The van der Waals surface area contributed by atoms with E-state index in [4.69, 9.17) is 18.9 Å². The lowest BCUT2D eigenvalue weighted by atomic mass is 9.87. The normalized spacial score (nSPS) is 32.6. The lowest BCUT2D eigenvalue weighted by Crippen LogP contribution is -2.60. The summed E-state index contributed by atoms with van der Waals surface area (Å²) >= 11 is 0. The molecule has 6 N–H and O–H groups in total. The number of hydrogen-bond acceptors (Lipinski definition) is 11. The summed E-state index contributed by atoms with van der Waals surface area (Å²) in [5.74, 6) is -0.493. The molecule has 0 spiro atoms. The van der Waals surface area contributed by atoms with Crippen molar-refractivity contribution in [2.45, 2.75) is 75.2 Å². The second-order valence-electron chi connectivity index (χ2n) is 10.2.